The third-order valence-electron chi connectivity index (χ3n) is 3.22. The summed E-state index contributed by atoms with van der Waals surface area (Å²) in [4.78, 5) is 0. The number of methoxy groups -OCH3 is 3. The quantitative estimate of drug-likeness (QED) is 0.618. The maximum Gasteiger partial charge on any atom is 0.141 e. The van der Waals surface area contributed by atoms with Crippen molar-refractivity contribution < 1.29 is 14.2 Å². The molecule has 0 spiro atoms. The summed E-state index contributed by atoms with van der Waals surface area (Å²) in [6.07, 6.45) is 0. The van der Waals surface area contributed by atoms with E-state index < -0.39 is 5.60 Å². The van der Waals surface area contributed by atoms with E-state index in [4.69, 9.17) is 20.1 Å². The Hall–Kier alpha value is -0.820. The van der Waals surface area contributed by atoms with E-state index in [1.807, 2.05) is 26.0 Å². The fourth-order valence-corrected chi connectivity index (χ4v) is 2.61. The highest BCUT2D eigenvalue weighted by molar-refractivity contribution is 9.10. The Morgan fingerprint density at radius 2 is 1.84 bits per heavy atom. The Balaban J connectivity index is 3.36. The molecular formula is C13H21BrN2O3. The monoisotopic (exact) mass is 332 g/mol. The first-order valence-electron chi connectivity index (χ1n) is 5.84. The van der Waals surface area contributed by atoms with Gasteiger partial charge in [0.15, 0.2) is 0 Å². The largest absolute Gasteiger partial charge is 0.495 e. The Kier molecular flexibility index (Phi) is 5.61. The first-order chi connectivity index (χ1) is 8.92. The van der Waals surface area contributed by atoms with Gasteiger partial charge in [-0.25, -0.2) is 5.43 Å². The van der Waals surface area contributed by atoms with Crippen molar-refractivity contribution in [2.45, 2.75) is 25.5 Å². The summed E-state index contributed by atoms with van der Waals surface area (Å²) in [7, 11) is 4.86. The van der Waals surface area contributed by atoms with Gasteiger partial charge in [-0.15, -0.1) is 0 Å². The molecule has 0 saturated heterocycles. The number of nitrogens with one attached hydrogen (secondary N) is 1. The van der Waals surface area contributed by atoms with Crippen molar-refractivity contribution in [3.63, 3.8) is 0 Å². The number of hydrazine groups is 1. The SMILES string of the molecule is COc1ccc(C(NN)C(C)(C)OC)c(OC)c1Br. The average molecular weight is 333 g/mol. The van der Waals surface area contributed by atoms with Gasteiger partial charge in [-0.1, -0.05) is 0 Å². The fraction of sp³-hybridized carbons (Fsp3) is 0.538. The third-order valence-corrected chi connectivity index (χ3v) is 3.97. The van der Waals surface area contributed by atoms with Crippen LogP contribution < -0.4 is 20.7 Å². The molecule has 0 aliphatic heterocycles. The van der Waals surface area contributed by atoms with Gasteiger partial charge in [0.2, 0.25) is 0 Å². The molecule has 1 aromatic rings. The number of rotatable bonds is 6. The van der Waals surface area contributed by atoms with Crippen molar-refractivity contribution in [3.8, 4) is 11.5 Å². The summed E-state index contributed by atoms with van der Waals surface area (Å²) in [5, 5.41) is 0. The van der Waals surface area contributed by atoms with Crippen molar-refractivity contribution in [1.82, 2.24) is 5.43 Å². The van der Waals surface area contributed by atoms with Crippen LogP contribution in [0, 0.1) is 0 Å². The maximum atomic E-state index is 5.68. The second kappa shape index (κ2) is 6.56. The van der Waals surface area contributed by atoms with Crippen LogP contribution in [0.2, 0.25) is 0 Å². The average Bonchev–Trinajstić information content (AvgIpc) is 2.39. The van der Waals surface area contributed by atoms with Gasteiger partial charge in [-0.2, -0.15) is 0 Å². The standard InChI is InChI=1S/C13H21BrN2O3/c1-13(2,19-5)12(16-15)8-6-7-9(17-3)10(14)11(8)18-4/h6-7,12,16H,15H2,1-5H3. The Bertz CT molecular complexity index is 438. The molecule has 0 amide bonds. The number of halogens is 1. The Morgan fingerprint density at radius 1 is 1.21 bits per heavy atom. The minimum atomic E-state index is -0.490. The number of hydrogen-bond acceptors (Lipinski definition) is 5. The fourth-order valence-electron chi connectivity index (χ4n) is 1.93. The highest BCUT2D eigenvalue weighted by Crippen LogP contribution is 2.42. The van der Waals surface area contributed by atoms with Crippen LogP contribution in [0.25, 0.3) is 0 Å². The Morgan fingerprint density at radius 3 is 2.26 bits per heavy atom. The van der Waals surface area contributed by atoms with Crippen LogP contribution >= 0.6 is 15.9 Å². The van der Waals surface area contributed by atoms with Crippen molar-refractivity contribution >= 4 is 15.9 Å². The molecular weight excluding hydrogens is 312 g/mol. The van der Waals surface area contributed by atoms with E-state index in [0.29, 0.717) is 11.5 Å². The van der Waals surface area contributed by atoms with Crippen molar-refractivity contribution in [2.75, 3.05) is 21.3 Å². The molecule has 0 radical (unpaired) electrons. The highest BCUT2D eigenvalue weighted by atomic mass is 79.9. The summed E-state index contributed by atoms with van der Waals surface area (Å²) in [6.45, 7) is 3.91. The molecule has 0 fully saturated rings. The van der Waals surface area contributed by atoms with E-state index in [1.54, 1.807) is 21.3 Å². The summed E-state index contributed by atoms with van der Waals surface area (Å²) in [5.74, 6) is 7.05. The molecule has 0 aliphatic rings. The van der Waals surface area contributed by atoms with Crippen LogP contribution in [-0.4, -0.2) is 26.9 Å². The number of ether oxygens (including phenoxy) is 3. The first kappa shape index (κ1) is 16.2. The van der Waals surface area contributed by atoms with Gasteiger partial charge in [0, 0.05) is 12.7 Å². The second-order valence-electron chi connectivity index (χ2n) is 4.61. The van der Waals surface area contributed by atoms with E-state index in [2.05, 4.69) is 21.4 Å². The Labute approximate surface area is 122 Å². The van der Waals surface area contributed by atoms with Crippen LogP contribution in [0.3, 0.4) is 0 Å². The van der Waals surface area contributed by atoms with E-state index in [-0.39, 0.29) is 6.04 Å². The lowest BCUT2D eigenvalue weighted by atomic mass is 9.91. The van der Waals surface area contributed by atoms with Crippen LogP contribution in [0.5, 0.6) is 11.5 Å². The predicted molar refractivity (Wildman–Crippen MR) is 78.4 cm³/mol. The molecule has 0 heterocycles. The summed E-state index contributed by atoms with van der Waals surface area (Å²) in [6, 6.07) is 3.54. The molecule has 5 nitrogen and oxygen atoms in total. The highest BCUT2D eigenvalue weighted by Gasteiger charge is 2.33. The number of benzene rings is 1. The van der Waals surface area contributed by atoms with Gasteiger partial charge in [0.05, 0.1) is 25.9 Å². The second-order valence-corrected chi connectivity index (χ2v) is 5.40. The lowest BCUT2D eigenvalue weighted by Gasteiger charge is -2.34. The predicted octanol–water partition coefficient (Wildman–Crippen LogP) is 2.40. The van der Waals surface area contributed by atoms with Gasteiger partial charge in [-0.3, -0.25) is 5.84 Å². The molecule has 1 unspecified atom stereocenters. The molecule has 1 aromatic carbocycles. The van der Waals surface area contributed by atoms with Crippen molar-refractivity contribution in [1.29, 1.82) is 0 Å². The summed E-state index contributed by atoms with van der Waals surface area (Å²) >= 11 is 3.48. The zero-order chi connectivity index (χ0) is 14.6. The van der Waals surface area contributed by atoms with E-state index in [0.717, 1.165) is 10.0 Å². The van der Waals surface area contributed by atoms with E-state index in [1.165, 1.54) is 0 Å². The van der Waals surface area contributed by atoms with Gasteiger partial charge in [0.25, 0.3) is 0 Å². The van der Waals surface area contributed by atoms with Gasteiger partial charge in [-0.05, 0) is 41.9 Å². The molecule has 1 rings (SSSR count). The van der Waals surface area contributed by atoms with E-state index in [9.17, 15) is 0 Å². The molecule has 0 saturated carbocycles. The summed E-state index contributed by atoms with van der Waals surface area (Å²) in [5.41, 5.74) is 3.19. The lowest BCUT2D eigenvalue weighted by Crippen LogP contribution is -2.44. The molecule has 0 bridgehead atoms. The van der Waals surface area contributed by atoms with Crippen LogP contribution in [0.1, 0.15) is 25.5 Å². The zero-order valence-corrected chi connectivity index (χ0v) is 13.5. The third kappa shape index (κ3) is 3.20. The zero-order valence-electron chi connectivity index (χ0n) is 11.9. The molecule has 0 aliphatic carbocycles. The smallest absolute Gasteiger partial charge is 0.141 e. The van der Waals surface area contributed by atoms with Crippen LogP contribution in [0.15, 0.2) is 16.6 Å². The molecule has 1 atom stereocenters. The number of hydrogen-bond donors (Lipinski definition) is 2. The molecule has 3 N–H and O–H groups in total. The normalized spacial score (nSPS) is 13.2. The summed E-state index contributed by atoms with van der Waals surface area (Å²) < 4.78 is 17.0. The van der Waals surface area contributed by atoms with Crippen LogP contribution in [0.4, 0.5) is 0 Å². The lowest BCUT2D eigenvalue weighted by molar-refractivity contribution is -0.0117. The molecule has 108 valence electrons. The van der Waals surface area contributed by atoms with Crippen LogP contribution in [-0.2, 0) is 4.74 Å². The van der Waals surface area contributed by atoms with E-state index >= 15 is 0 Å². The number of nitrogens with two attached hydrogens (primary N) is 1. The molecule has 19 heavy (non-hydrogen) atoms. The maximum absolute atomic E-state index is 5.68. The minimum absolute atomic E-state index is 0.227. The first-order valence-corrected chi connectivity index (χ1v) is 6.63. The van der Waals surface area contributed by atoms with Crippen molar-refractivity contribution in [2.24, 2.45) is 5.84 Å². The van der Waals surface area contributed by atoms with Gasteiger partial charge >= 0.3 is 0 Å². The molecule has 6 heteroatoms. The van der Waals surface area contributed by atoms with Gasteiger partial charge in [0.1, 0.15) is 16.0 Å². The molecule has 0 aromatic heterocycles. The van der Waals surface area contributed by atoms with Crippen molar-refractivity contribution in [3.05, 3.63) is 22.2 Å². The van der Waals surface area contributed by atoms with Gasteiger partial charge < -0.3 is 14.2 Å². The topological polar surface area (TPSA) is 65.7 Å². The minimum Gasteiger partial charge on any atom is -0.495 e.